The van der Waals surface area contributed by atoms with Crippen LogP contribution in [0.3, 0.4) is 0 Å². The van der Waals surface area contributed by atoms with Gasteiger partial charge in [-0.1, -0.05) is 140 Å². The maximum absolute atomic E-state index is 11.5. The third-order valence-electron chi connectivity index (χ3n) is 6.17. The van der Waals surface area contributed by atoms with Gasteiger partial charge in [0.15, 0.2) is 0 Å². The Morgan fingerprint density at radius 2 is 1.04 bits per heavy atom. The molecule has 0 heterocycles. The molecule has 0 amide bonds. The van der Waals surface area contributed by atoms with E-state index in [1.54, 1.807) is 0 Å². The number of carbonyl (C=O) groups excluding carboxylic acids is 1. The number of hydrogen-bond donors (Lipinski definition) is 0. The van der Waals surface area contributed by atoms with Gasteiger partial charge < -0.3 is 0 Å². The maximum Gasteiger partial charge on any atom is 0.209 e. The van der Waals surface area contributed by atoms with Gasteiger partial charge in [0, 0.05) is 0 Å². The van der Waals surface area contributed by atoms with Crippen LogP contribution in [0.15, 0.2) is 30.3 Å². The Hall–Kier alpha value is -1.11. The second-order valence-corrected chi connectivity index (χ2v) is 8.85. The summed E-state index contributed by atoms with van der Waals surface area (Å²) in [4.78, 5) is 11.5. The fraction of sp³-hybridized carbons (Fsp3) is 0.741. The maximum atomic E-state index is 11.5. The average molecular weight is 386 g/mol. The van der Waals surface area contributed by atoms with Crippen molar-refractivity contribution in [3.8, 4) is 0 Å². The largest absolute Gasteiger partial charge is 0.290 e. The van der Waals surface area contributed by atoms with Crippen LogP contribution in [-0.2, 0) is 10.2 Å². The van der Waals surface area contributed by atoms with Crippen molar-refractivity contribution in [2.24, 2.45) is 0 Å². The van der Waals surface area contributed by atoms with Gasteiger partial charge in [-0.05, 0) is 18.9 Å². The molecule has 0 aromatic heterocycles. The van der Waals surface area contributed by atoms with E-state index in [0.29, 0.717) is 0 Å². The molecule has 0 aliphatic heterocycles. The summed E-state index contributed by atoms with van der Waals surface area (Å²) in [5.74, 6) is 0. The Balaban J connectivity index is 1.89. The van der Waals surface area contributed by atoms with Gasteiger partial charge in [-0.15, -0.1) is 0 Å². The van der Waals surface area contributed by atoms with Gasteiger partial charge in [-0.2, -0.15) is 0 Å². The molecular formula is C27H45O. The van der Waals surface area contributed by atoms with E-state index in [1.807, 2.05) is 25.1 Å². The van der Waals surface area contributed by atoms with Gasteiger partial charge in [0.25, 0.3) is 0 Å². The molecule has 1 rings (SSSR count). The minimum atomic E-state index is -0.433. The topological polar surface area (TPSA) is 17.1 Å². The molecule has 0 spiro atoms. The summed E-state index contributed by atoms with van der Waals surface area (Å²) in [5.41, 5.74) is 0.669. The lowest BCUT2D eigenvalue weighted by Gasteiger charge is -2.22. The van der Waals surface area contributed by atoms with Gasteiger partial charge >= 0.3 is 0 Å². The molecule has 0 fully saturated rings. The van der Waals surface area contributed by atoms with E-state index < -0.39 is 5.41 Å². The highest BCUT2D eigenvalue weighted by Gasteiger charge is 2.26. The molecule has 0 saturated heterocycles. The summed E-state index contributed by atoms with van der Waals surface area (Å²) in [7, 11) is 0. The first-order valence-corrected chi connectivity index (χ1v) is 12.2. The second kappa shape index (κ2) is 16.8. The van der Waals surface area contributed by atoms with Crippen molar-refractivity contribution < 1.29 is 4.79 Å². The third-order valence-corrected chi connectivity index (χ3v) is 6.17. The van der Waals surface area contributed by atoms with E-state index in [4.69, 9.17) is 0 Å². The van der Waals surface area contributed by atoms with Gasteiger partial charge in [-0.25, -0.2) is 0 Å². The Morgan fingerprint density at radius 1 is 0.643 bits per heavy atom. The zero-order valence-electron chi connectivity index (χ0n) is 18.8. The van der Waals surface area contributed by atoms with Crippen LogP contribution in [-0.4, -0.2) is 6.29 Å². The third kappa shape index (κ3) is 11.7. The van der Waals surface area contributed by atoms with Gasteiger partial charge in [0.2, 0.25) is 6.29 Å². The smallest absolute Gasteiger partial charge is 0.209 e. The molecule has 28 heavy (non-hydrogen) atoms. The molecule has 159 valence electrons. The van der Waals surface area contributed by atoms with E-state index in [-0.39, 0.29) is 0 Å². The van der Waals surface area contributed by atoms with Crippen LogP contribution in [0.5, 0.6) is 0 Å². The molecule has 1 radical (unpaired) electrons. The summed E-state index contributed by atoms with van der Waals surface area (Å²) >= 11 is 0. The summed E-state index contributed by atoms with van der Waals surface area (Å²) in [6.07, 6.45) is 25.3. The Bertz CT molecular complexity index is 466. The zero-order chi connectivity index (χ0) is 20.3. The molecule has 1 atom stereocenters. The lowest BCUT2D eigenvalue weighted by molar-refractivity contribution is 0.459. The Labute approximate surface area is 175 Å². The standard InChI is InChI=1S/C27H45O/c1-3-4-5-6-7-8-9-10-11-12-13-14-15-16-17-21-24-27(2,25-28)26-22-19-18-20-23-26/h18-20,22-23H,3-17,21,24H2,1-2H3. The van der Waals surface area contributed by atoms with Crippen molar-refractivity contribution in [2.75, 3.05) is 0 Å². The van der Waals surface area contributed by atoms with Crippen LogP contribution in [0.25, 0.3) is 0 Å². The van der Waals surface area contributed by atoms with Crippen LogP contribution >= 0.6 is 0 Å². The SMILES string of the molecule is CCCCCCCCCCCCCCCCCCC(C)([C]=O)c1ccccc1. The van der Waals surface area contributed by atoms with Crippen molar-refractivity contribution in [2.45, 2.75) is 128 Å². The molecule has 0 bridgehead atoms. The van der Waals surface area contributed by atoms with Crippen molar-refractivity contribution >= 4 is 6.29 Å². The van der Waals surface area contributed by atoms with Crippen LogP contribution in [0.1, 0.15) is 129 Å². The van der Waals surface area contributed by atoms with E-state index in [1.165, 1.54) is 96.3 Å². The zero-order valence-corrected chi connectivity index (χ0v) is 18.8. The summed E-state index contributed by atoms with van der Waals surface area (Å²) < 4.78 is 0. The summed E-state index contributed by atoms with van der Waals surface area (Å²) in [6.45, 7) is 4.31. The van der Waals surface area contributed by atoms with Gasteiger partial charge in [0.05, 0.1) is 5.41 Å². The number of benzene rings is 1. The lowest BCUT2D eigenvalue weighted by atomic mass is 9.79. The molecule has 0 saturated carbocycles. The first-order chi connectivity index (χ1) is 13.7. The Morgan fingerprint density at radius 3 is 1.43 bits per heavy atom. The highest BCUT2D eigenvalue weighted by atomic mass is 16.1. The first-order valence-electron chi connectivity index (χ1n) is 12.2. The van der Waals surface area contributed by atoms with Crippen LogP contribution < -0.4 is 0 Å². The van der Waals surface area contributed by atoms with E-state index in [0.717, 1.165) is 18.4 Å². The van der Waals surface area contributed by atoms with E-state index >= 15 is 0 Å². The van der Waals surface area contributed by atoms with Gasteiger partial charge in [-0.3, -0.25) is 4.79 Å². The molecule has 1 nitrogen and oxygen atoms in total. The normalized spacial score (nSPS) is 13.4. The van der Waals surface area contributed by atoms with Crippen LogP contribution in [0, 0.1) is 0 Å². The average Bonchev–Trinajstić information content (AvgIpc) is 2.74. The fourth-order valence-corrected chi connectivity index (χ4v) is 4.09. The molecule has 1 heteroatoms. The first kappa shape index (κ1) is 24.9. The molecule has 0 aliphatic rings. The molecule has 1 unspecified atom stereocenters. The number of hydrogen-bond acceptors (Lipinski definition) is 1. The van der Waals surface area contributed by atoms with Crippen molar-refractivity contribution in [3.63, 3.8) is 0 Å². The minimum absolute atomic E-state index is 0.433. The molecule has 0 aliphatic carbocycles. The summed E-state index contributed by atoms with van der Waals surface area (Å²) in [5, 5.41) is 0. The highest BCUT2D eigenvalue weighted by molar-refractivity contribution is 5.68. The molecule has 0 N–H and O–H groups in total. The lowest BCUT2D eigenvalue weighted by Crippen LogP contribution is -2.23. The van der Waals surface area contributed by atoms with Crippen molar-refractivity contribution in [1.82, 2.24) is 0 Å². The highest BCUT2D eigenvalue weighted by Crippen LogP contribution is 2.28. The predicted octanol–water partition coefficient (Wildman–Crippen LogP) is 8.71. The molecular weight excluding hydrogens is 340 g/mol. The van der Waals surface area contributed by atoms with Gasteiger partial charge in [0.1, 0.15) is 0 Å². The van der Waals surface area contributed by atoms with Crippen molar-refractivity contribution in [3.05, 3.63) is 35.9 Å². The fourth-order valence-electron chi connectivity index (χ4n) is 4.09. The summed E-state index contributed by atoms with van der Waals surface area (Å²) in [6, 6.07) is 10.1. The van der Waals surface area contributed by atoms with Crippen molar-refractivity contribution in [1.29, 1.82) is 0 Å². The molecule has 1 aromatic carbocycles. The predicted molar refractivity (Wildman–Crippen MR) is 124 cm³/mol. The van der Waals surface area contributed by atoms with E-state index in [9.17, 15) is 4.79 Å². The van der Waals surface area contributed by atoms with Crippen LogP contribution in [0.4, 0.5) is 0 Å². The second-order valence-electron chi connectivity index (χ2n) is 8.85. The Kier molecular flexibility index (Phi) is 15.0. The monoisotopic (exact) mass is 385 g/mol. The number of rotatable bonds is 19. The minimum Gasteiger partial charge on any atom is -0.290 e. The molecule has 1 aromatic rings. The quantitative estimate of drug-likeness (QED) is 0.218. The van der Waals surface area contributed by atoms with E-state index in [2.05, 4.69) is 25.3 Å². The number of unbranched alkanes of at least 4 members (excludes halogenated alkanes) is 15. The van der Waals surface area contributed by atoms with Crippen LogP contribution in [0.2, 0.25) is 0 Å².